The second-order valence-corrected chi connectivity index (χ2v) is 4.32. The molecule has 90 valence electrons. The molecular formula is C12H16Br2O2. The summed E-state index contributed by atoms with van der Waals surface area (Å²) < 4.78 is 11.2. The average molecular weight is 352 g/mol. The van der Waals surface area contributed by atoms with Crippen LogP contribution in [-0.2, 0) is 10.7 Å². The van der Waals surface area contributed by atoms with Crippen LogP contribution in [0.15, 0.2) is 12.1 Å². The van der Waals surface area contributed by atoms with E-state index in [1.807, 2.05) is 26.0 Å². The fourth-order valence-corrected chi connectivity index (χ4v) is 2.31. The lowest BCUT2D eigenvalue weighted by atomic mass is 10.1. The molecule has 0 aromatic heterocycles. The Kier molecular flexibility index (Phi) is 6.21. The summed E-state index contributed by atoms with van der Waals surface area (Å²) in [6, 6.07) is 4.08. The van der Waals surface area contributed by atoms with Crippen LogP contribution in [0.5, 0.6) is 11.5 Å². The van der Waals surface area contributed by atoms with Crippen LogP contribution in [-0.4, -0.2) is 13.2 Å². The van der Waals surface area contributed by atoms with Crippen molar-refractivity contribution >= 4 is 31.9 Å². The molecule has 0 atom stereocenters. The Balaban J connectivity index is 3.11. The topological polar surface area (TPSA) is 18.5 Å². The van der Waals surface area contributed by atoms with E-state index < -0.39 is 0 Å². The van der Waals surface area contributed by atoms with Crippen molar-refractivity contribution in [2.45, 2.75) is 24.5 Å². The maximum absolute atomic E-state index is 5.60. The normalized spacial score (nSPS) is 10.2. The highest BCUT2D eigenvalue weighted by Crippen LogP contribution is 2.32. The molecule has 0 N–H and O–H groups in total. The van der Waals surface area contributed by atoms with Gasteiger partial charge in [-0.25, -0.2) is 0 Å². The van der Waals surface area contributed by atoms with Crippen LogP contribution in [0.2, 0.25) is 0 Å². The Morgan fingerprint density at radius 2 is 1.25 bits per heavy atom. The van der Waals surface area contributed by atoms with E-state index in [2.05, 4.69) is 31.9 Å². The zero-order chi connectivity index (χ0) is 12.0. The van der Waals surface area contributed by atoms with E-state index in [4.69, 9.17) is 9.47 Å². The molecule has 0 saturated heterocycles. The molecule has 0 spiro atoms. The third-order valence-corrected chi connectivity index (χ3v) is 3.34. The van der Waals surface area contributed by atoms with E-state index in [0.717, 1.165) is 33.3 Å². The Bertz CT molecular complexity index is 306. The maximum atomic E-state index is 5.60. The fraction of sp³-hybridized carbons (Fsp3) is 0.500. The van der Waals surface area contributed by atoms with Crippen molar-refractivity contribution in [1.82, 2.24) is 0 Å². The average Bonchev–Trinajstić information content (AvgIpc) is 2.31. The van der Waals surface area contributed by atoms with Crippen molar-refractivity contribution in [2.75, 3.05) is 13.2 Å². The molecular weight excluding hydrogens is 336 g/mol. The summed E-state index contributed by atoms with van der Waals surface area (Å²) in [7, 11) is 0. The number of hydrogen-bond donors (Lipinski definition) is 0. The lowest BCUT2D eigenvalue weighted by Crippen LogP contribution is -2.00. The molecule has 0 aliphatic heterocycles. The highest BCUT2D eigenvalue weighted by atomic mass is 79.9. The standard InChI is InChI=1S/C12H16Br2O2/c1-3-15-11-5-10(8-14)12(16-4-2)6-9(11)7-13/h5-6H,3-4,7-8H2,1-2H3. The van der Waals surface area contributed by atoms with E-state index >= 15 is 0 Å². The van der Waals surface area contributed by atoms with Crippen molar-refractivity contribution in [3.63, 3.8) is 0 Å². The van der Waals surface area contributed by atoms with Gasteiger partial charge in [-0.15, -0.1) is 0 Å². The summed E-state index contributed by atoms with van der Waals surface area (Å²) in [4.78, 5) is 0. The first kappa shape index (κ1) is 13.8. The van der Waals surface area contributed by atoms with Gasteiger partial charge < -0.3 is 9.47 Å². The Hall–Kier alpha value is -0.220. The number of ether oxygens (including phenoxy) is 2. The van der Waals surface area contributed by atoms with Gasteiger partial charge in [0.25, 0.3) is 0 Å². The van der Waals surface area contributed by atoms with Gasteiger partial charge in [-0.1, -0.05) is 31.9 Å². The molecule has 0 bridgehead atoms. The number of hydrogen-bond acceptors (Lipinski definition) is 2. The molecule has 0 radical (unpaired) electrons. The molecule has 0 unspecified atom stereocenters. The summed E-state index contributed by atoms with van der Waals surface area (Å²) in [5.41, 5.74) is 2.24. The minimum absolute atomic E-state index is 0.676. The molecule has 1 rings (SSSR count). The third-order valence-electron chi connectivity index (χ3n) is 2.13. The Morgan fingerprint density at radius 3 is 1.50 bits per heavy atom. The first-order valence-electron chi connectivity index (χ1n) is 5.30. The van der Waals surface area contributed by atoms with Crippen LogP contribution in [0.25, 0.3) is 0 Å². The molecule has 0 aliphatic rings. The molecule has 1 aromatic rings. The predicted octanol–water partition coefficient (Wildman–Crippen LogP) is 4.27. The van der Waals surface area contributed by atoms with E-state index in [0.29, 0.717) is 13.2 Å². The first-order chi connectivity index (χ1) is 7.76. The van der Waals surface area contributed by atoms with Gasteiger partial charge in [0.2, 0.25) is 0 Å². The van der Waals surface area contributed by atoms with Crippen LogP contribution in [0, 0.1) is 0 Å². The maximum Gasteiger partial charge on any atom is 0.123 e. The highest BCUT2D eigenvalue weighted by Gasteiger charge is 2.10. The van der Waals surface area contributed by atoms with Gasteiger partial charge in [-0.3, -0.25) is 0 Å². The Morgan fingerprint density at radius 1 is 0.875 bits per heavy atom. The smallest absolute Gasteiger partial charge is 0.123 e. The SMILES string of the molecule is CCOc1cc(CBr)c(OCC)cc1CBr. The molecule has 4 heteroatoms. The zero-order valence-electron chi connectivity index (χ0n) is 9.56. The second-order valence-electron chi connectivity index (χ2n) is 3.20. The summed E-state index contributed by atoms with van der Waals surface area (Å²) in [6.45, 7) is 5.33. The molecule has 0 fully saturated rings. The molecule has 0 saturated carbocycles. The van der Waals surface area contributed by atoms with Crippen LogP contribution in [0.1, 0.15) is 25.0 Å². The van der Waals surface area contributed by atoms with Crippen LogP contribution in [0.3, 0.4) is 0 Å². The van der Waals surface area contributed by atoms with Gasteiger partial charge in [0.1, 0.15) is 11.5 Å². The number of alkyl halides is 2. The van der Waals surface area contributed by atoms with Crippen molar-refractivity contribution in [1.29, 1.82) is 0 Å². The highest BCUT2D eigenvalue weighted by molar-refractivity contribution is 9.08. The van der Waals surface area contributed by atoms with Gasteiger partial charge in [0.05, 0.1) is 13.2 Å². The lowest BCUT2D eigenvalue weighted by Gasteiger charge is -2.14. The van der Waals surface area contributed by atoms with Gasteiger partial charge in [0.15, 0.2) is 0 Å². The van der Waals surface area contributed by atoms with Gasteiger partial charge >= 0.3 is 0 Å². The van der Waals surface area contributed by atoms with Crippen LogP contribution in [0.4, 0.5) is 0 Å². The van der Waals surface area contributed by atoms with Gasteiger partial charge in [-0.05, 0) is 26.0 Å². The second kappa shape index (κ2) is 7.17. The molecule has 0 amide bonds. The molecule has 0 heterocycles. The van der Waals surface area contributed by atoms with E-state index in [1.165, 1.54) is 0 Å². The van der Waals surface area contributed by atoms with E-state index in [9.17, 15) is 0 Å². The Labute approximate surface area is 114 Å². The zero-order valence-corrected chi connectivity index (χ0v) is 12.7. The number of rotatable bonds is 6. The summed E-state index contributed by atoms with van der Waals surface area (Å²) >= 11 is 6.93. The van der Waals surface area contributed by atoms with Crippen molar-refractivity contribution in [3.05, 3.63) is 23.3 Å². The van der Waals surface area contributed by atoms with Gasteiger partial charge in [-0.2, -0.15) is 0 Å². The van der Waals surface area contributed by atoms with Crippen molar-refractivity contribution in [3.8, 4) is 11.5 Å². The third kappa shape index (κ3) is 3.39. The van der Waals surface area contributed by atoms with Crippen LogP contribution >= 0.6 is 31.9 Å². The quantitative estimate of drug-likeness (QED) is 0.712. The lowest BCUT2D eigenvalue weighted by molar-refractivity contribution is 0.326. The van der Waals surface area contributed by atoms with Crippen molar-refractivity contribution in [2.24, 2.45) is 0 Å². The first-order valence-corrected chi connectivity index (χ1v) is 7.54. The molecule has 1 aromatic carbocycles. The minimum atomic E-state index is 0.676. The summed E-state index contributed by atoms with van der Waals surface area (Å²) in [5, 5.41) is 1.54. The largest absolute Gasteiger partial charge is 0.494 e. The summed E-state index contributed by atoms with van der Waals surface area (Å²) in [6.07, 6.45) is 0. The van der Waals surface area contributed by atoms with Gasteiger partial charge in [0, 0.05) is 21.8 Å². The number of halogens is 2. The summed E-state index contributed by atoms with van der Waals surface area (Å²) in [5.74, 6) is 1.86. The monoisotopic (exact) mass is 350 g/mol. The molecule has 0 aliphatic carbocycles. The van der Waals surface area contributed by atoms with E-state index in [-0.39, 0.29) is 0 Å². The molecule has 2 nitrogen and oxygen atoms in total. The van der Waals surface area contributed by atoms with Crippen molar-refractivity contribution < 1.29 is 9.47 Å². The van der Waals surface area contributed by atoms with Crippen LogP contribution < -0.4 is 9.47 Å². The van der Waals surface area contributed by atoms with E-state index in [1.54, 1.807) is 0 Å². The molecule has 16 heavy (non-hydrogen) atoms. The minimum Gasteiger partial charge on any atom is -0.494 e. The predicted molar refractivity (Wildman–Crippen MR) is 74.0 cm³/mol. The number of benzene rings is 1. The fourth-order valence-electron chi connectivity index (χ4n) is 1.43.